The molecule has 1 aromatic carbocycles. The van der Waals surface area contributed by atoms with Gasteiger partial charge in [-0.1, -0.05) is 12.1 Å². The van der Waals surface area contributed by atoms with Crippen LogP contribution in [0, 0.1) is 3.57 Å². The molecule has 0 radical (unpaired) electrons. The van der Waals surface area contributed by atoms with Gasteiger partial charge in [0.15, 0.2) is 0 Å². The van der Waals surface area contributed by atoms with Crippen LogP contribution in [0.5, 0.6) is 0 Å². The molecule has 1 fully saturated rings. The van der Waals surface area contributed by atoms with Gasteiger partial charge in [-0.2, -0.15) is 0 Å². The van der Waals surface area contributed by atoms with Crippen molar-refractivity contribution in [1.82, 2.24) is 4.90 Å². The molecule has 1 saturated heterocycles. The van der Waals surface area contributed by atoms with Crippen LogP contribution in [0.15, 0.2) is 24.3 Å². The van der Waals surface area contributed by atoms with Crippen molar-refractivity contribution in [3.05, 3.63) is 33.4 Å². The normalized spacial score (nSPS) is 18.7. The summed E-state index contributed by atoms with van der Waals surface area (Å²) in [6.45, 7) is 6.12. The Morgan fingerprint density at radius 2 is 1.95 bits per heavy atom. The van der Waals surface area contributed by atoms with Crippen molar-refractivity contribution in [2.75, 3.05) is 6.54 Å². The molecule has 0 spiro atoms. The molecule has 0 aromatic heterocycles. The highest BCUT2D eigenvalue weighted by Gasteiger charge is 2.37. The summed E-state index contributed by atoms with van der Waals surface area (Å²) >= 11 is 2.14. The number of amides is 1. The monoisotopic (exact) mass is 401 g/mol. The van der Waals surface area contributed by atoms with E-state index in [2.05, 4.69) is 22.6 Å². The number of benzene rings is 1. The van der Waals surface area contributed by atoms with Gasteiger partial charge in [-0.05, 0) is 68.3 Å². The fourth-order valence-electron chi connectivity index (χ4n) is 2.41. The molecule has 2 rings (SSSR count). The number of hydrogen-bond acceptors (Lipinski definition) is 3. The second-order valence-electron chi connectivity index (χ2n) is 6.17. The number of hydrogen-bond donors (Lipinski definition) is 0. The van der Waals surface area contributed by atoms with Crippen molar-refractivity contribution in [1.29, 1.82) is 0 Å². The molecule has 1 aliphatic heterocycles. The zero-order chi connectivity index (χ0) is 15.6. The Morgan fingerprint density at radius 3 is 2.57 bits per heavy atom. The fourth-order valence-corrected chi connectivity index (χ4v) is 3.03. The molecule has 0 bridgehead atoms. The van der Waals surface area contributed by atoms with Gasteiger partial charge in [0.05, 0.1) is 5.56 Å². The van der Waals surface area contributed by atoms with Gasteiger partial charge in [0, 0.05) is 10.1 Å². The molecular formula is C16H20INO3. The summed E-state index contributed by atoms with van der Waals surface area (Å²) < 4.78 is 6.33. The van der Waals surface area contributed by atoms with E-state index >= 15 is 0 Å². The van der Waals surface area contributed by atoms with Gasteiger partial charge in [0.25, 0.3) is 5.91 Å². The minimum absolute atomic E-state index is 0.0895. The molecule has 0 N–H and O–H groups in total. The zero-order valence-corrected chi connectivity index (χ0v) is 14.7. The average Bonchev–Trinajstić information content (AvgIpc) is 2.85. The van der Waals surface area contributed by atoms with Crippen LogP contribution in [0.25, 0.3) is 0 Å². The number of ether oxygens (including phenoxy) is 1. The van der Waals surface area contributed by atoms with Crippen LogP contribution in [0.2, 0.25) is 0 Å². The summed E-state index contributed by atoms with van der Waals surface area (Å²) in [6, 6.07) is 6.97. The van der Waals surface area contributed by atoms with Crippen molar-refractivity contribution < 1.29 is 14.3 Å². The lowest BCUT2D eigenvalue weighted by atomic mass is 10.1. The summed E-state index contributed by atoms with van der Waals surface area (Å²) in [5.74, 6) is -0.396. The van der Waals surface area contributed by atoms with Gasteiger partial charge < -0.3 is 9.64 Å². The van der Waals surface area contributed by atoms with E-state index in [0.717, 1.165) is 9.99 Å². The van der Waals surface area contributed by atoms with Gasteiger partial charge in [-0.3, -0.25) is 4.79 Å². The quantitative estimate of drug-likeness (QED) is 0.565. The highest BCUT2D eigenvalue weighted by Crippen LogP contribution is 2.24. The smallest absolute Gasteiger partial charge is 0.329 e. The number of nitrogens with zero attached hydrogens (tertiary/aromatic N) is 1. The molecule has 5 heteroatoms. The minimum Gasteiger partial charge on any atom is -0.458 e. The number of carbonyl (C=O) groups is 2. The summed E-state index contributed by atoms with van der Waals surface area (Å²) in [6.07, 6.45) is 1.50. The summed E-state index contributed by atoms with van der Waals surface area (Å²) in [7, 11) is 0. The Labute approximate surface area is 139 Å². The third-order valence-electron chi connectivity index (χ3n) is 3.30. The summed E-state index contributed by atoms with van der Waals surface area (Å²) in [5, 5.41) is 0. The minimum atomic E-state index is -0.532. The molecule has 1 aliphatic rings. The maximum atomic E-state index is 12.7. The Hall–Kier alpha value is -1.11. The number of rotatable bonds is 2. The first-order valence-electron chi connectivity index (χ1n) is 7.08. The Bertz CT molecular complexity index is 551. The number of esters is 1. The van der Waals surface area contributed by atoms with E-state index in [1.807, 2.05) is 39.0 Å². The topological polar surface area (TPSA) is 46.6 Å². The standard InChI is InChI=1S/C16H20INO3/c1-16(2,3)21-15(20)13-9-6-10-18(13)14(19)11-7-4-5-8-12(11)17/h4-5,7-8,13H,6,9-10H2,1-3H3/t13-/m0/s1. The van der Waals surface area contributed by atoms with Gasteiger partial charge in [-0.15, -0.1) is 0 Å². The van der Waals surface area contributed by atoms with Crippen LogP contribution < -0.4 is 0 Å². The second kappa shape index (κ2) is 6.34. The summed E-state index contributed by atoms with van der Waals surface area (Å²) in [5.41, 5.74) is 0.115. The Kier molecular flexibility index (Phi) is 4.91. The van der Waals surface area contributed by atoms with E-state index in [9.17, 15) is 9.59 Å². The third-order valence-corrected chi connectivity index (χ3v) is 4.24. The van der Waals surface area contributed by atoms with Crippen molar-refractivity contribution in [3.8, 4) is 0 Å². The lowest BCUT2D eigenvalue weighted by molar-refractivity contribution is -0.159. The van der Waals surface area contributed by atoms with E-state index in [-0.39, 0.29) is 11.9 Å². The maximum Gasteiger partial charge on any atom is 0.329 e. The maximum absolute atomic E-state index is 12.7. The van der Waals surface area contributed by atoms with Crippen LogP contribution in [-0.4, -0.2) is 35.0 Å². The predicted molar refractivity (Wildman–Crippen MR) is 89.1 cm³/mol. The third kappa shape index (κ3) is 3.96. The molecule has 0 saturated carbocycles. The van der Waals surface area contributed by atoms with Crippen LogP contribution in [-0.2, 0) is 9.53 Å². The SMILES string of the molecule is CC(C)(C)OC(=O)[C@@H]1CCCN1C(=O)c1ccccc1I. The molecule has 0 unspecified atom stereocenters. The first-order valence-corrected chi connectivity index (χ1v) is 8.16. The van der Waals surface area contributed by atoms with E-state index < -0.39 is 11.6 Å². The molecule has 4 nitrogen and oxygen atoms in total. The lowest BCUT2D eigenvalue weighted by Crippen LogP contribution is -2.43. The molecular weight excluding hydrogens is 381 g/mol. The molecule has 1 amide bonds. The first kappa shape index (κ1) is 16.3. The molecule has 1 atom stereocenters. The predicted octanol–water partition coefficient (Wildman–Crippen LogP) is 3.24. The summed E-state index contributed by atoms with van der Waals surface area (Å²) in [4.78, 5) is 26.6. The van der Waals surface area contributed by atoms with Gasteiger partial charge >= 0.3 is 5.97 Å². The lowest BCUT2D eigenvalue weighted by Gasteiger charge is -2.27. The molecule has 114 valence electrons. The van der Waals surface area contributed by atoms with E-state index in [4.69, 9.17) is 4.74 Å². The molecule has 0 aliphatic carbocycles. The number of halogens is 1. The molecule has 1 heterocycles. The first-order chi connectivity index (χ1) is 9.79. The van der Waals surface area contributed by atoms with Crippen LogP contribution in [0.4, 0.5) is 0 Å². The Balaban J connectivity index is 2.17. The van der Waals surface area contributed by atoms with E-state index in [1.165, 1.54) is 0 Å². The van der Waals surface area contributed by atoms with Crippen LogP contribution in [0.3, 0.4) is 0 Å². The van der Waals surface area contributed by atoms with Crippen LogP contribution >= 0.6 is 22.6 Å². The van der Waals surface area contributed by atoms with Crippen molar-refractivity contribution >= 4 is 34.5 Å². The van der Waals surface area contributed by atoms with Crippen molar-refractivity contribution in [2.45, 2.75) is 45.3 Å². The molecule has 1 aromatic rings. The number of carbonyl (C=O) groups excluding carboxylic acids is 2. The van der Waals surface area contributed by atoms with Crippen LogP contribution in [0.1, 0.15) is 44.0 Å². The highest BCUT2D eigenvalue weighted by atomic mass is 127. The average molecular weight is 401 g/mol. The van der Waals surface area contributed by atoms with Gasteiger partial charge in [0.2, 0.25) is 0 Å². The Morgan fingerprint density at radius 1 is 1.29 bits per heavy atom. The van der Waals surface area contributed by atoms with Gasteiger partial charge in [0.1, 0.15) is 11.6 Å². The fraction of sp³-hybridized carbons (Fsp3) is 0.500. The van der Waals surface area contributed by atoms with Gasteiger partial charge in [-0.25, -0.2) is 4.79 Å². The van der Waals surface area contributed by atoms with E-state index in [0.29, 0.717) is 18.5 Å². The van der Waals surface area contributed by atoms with E-state index in [1.54, 1.807) is 11.0 Å². The number of likely N-dealkylation sites (tertiary alicyclic amines) is 1. The molecule has 21 heavy (non-hydrogen) atoms. The highest BCUT2D eigenvalue weighted by molar-refractivity contribution is 14.1. The zero-order valence-electron chi connectivity index (χ0n) is 12.6. The van der Waals surface area contributed by atoms with Crippen molar-refractivity contribution in [3.63, 3.8) is 0 Å². The second-order valence-corrected chi connectivity index (χ2v) is 7.33. The van der Waals surface area contributed by atoms with Crippen molar-refractivity contribution in [2.24, 2.45) is 0 Å². The largest absolute Gasteiger partial charge is 0.458 e.